The monoisotopic (exact) mass is 322 g/mol. The molecule has 0 saturated carbocycles. The fourth-order valence-corrected chi connectivity index (χ4v) is 2.52. The number of anilines is 1. The molecular formula is C19H18N2O3. The number of H-pyrrole nitrogens is 1. The first-order chi connectivity index (χ1) is 11.7. The number of hydrogen-bond acceptors (Lipinski definition) is 3. The number of aromatic nitrogens is 1. The lowest BCUT2D eigenvalue weighted by atomic mass is 10.1. The van der Waals surface area contributed by atoms with Gasteiger partial charge < -0.3 is 15.0 Å². The summed E-state index contributed by atoms with van der Waals surface area (Å²) in [4.78, 5) is 27.0. The molecule has 1 aromatic heterocycles. The van der Waals surface area contributed by atoms with Gasteiger partial charge in [0.15, 0.2) is 0 Å². The largest absolute Gasteiger partial charge is 0.497 e. The Balaban J connectivity index is 1.65. The summed E-state index contributed by atoms with van der Waals surface area (Å²) in [6.45, 7) is 0. The van der Waals surface area contributed by atoms with E-state index in [0.29, 0.717) is 17.7 Å². The summed E-state index contributed by atoms with van der Waals surface area (Å²) in [5.41, 5.74) is 1.96. The molecule has 1 amide bonds. The van der Waals surface area contributed by atoms with Gasteiger partial charge >= 0.3 is 0 Å². The predicted octanol–water partition coefficient (Wildman–Crippen LogP) is 3.11. The van der Waals surface area contributed by atoms with Crippen molar-refractivity contribution in [3.63, 3.8) is 0 Å². The number of nitrogens with one attached hydrogen (secondary N) is 2. The minimum atomic E-state index is -0.147. The van der Waals surface area contributed by atoms with Crippen LogP contribution in [0, 0.1) is 0 Å². The van der Waals surface area contributed by atoms with Gasteiger partial charge in [0.25, 0.3) is 5.56 Å². The van der Waals surface area contributed by atoms with E-state index in [1.807, 2.05) is 30.3 Å². The quantitative estimate of drug-likeness (QED) is 0.758. The molecule has 2 N–H and O–H groups in total. The number of fused-ring (bicyclic) bond motifs is 1. The Labute approximate surface area is 139 Å². The van der Waals surface area contributed by atoms with Crippen LogP contribution >= 0.6 is 0 Å². The Morgan fingerprint density at radius 1 is 1.12 bits per heavy atom. The number of aryl methyl sites for hydroxylation is 1. The third-order valence-corrected chi connectivity index (χ3v) is 3.83. The number of rotatable bonds is 5. The highest BCUT2D eigenvalue weighted by Gasteiger charge is 2.07. The summed E-state index contributed by atoms with van der Waals surface area (Å²) in [7, 11) is 1.59. The predicted molar refractivity (Wildman–Crippen MR) is 94.5 cm³/mol. The number of amides is 1. The molecule has 0 aliphatic heterocycles. The standard InChI is InChI=1S/C19H18N2O3/c1-24-16-9-7-15(8-10-16)20-18(22)11-6-14-12-13-4-2-3-5-17(13)21-19(14)23/h2-5,7-10,12H,6,11H2,1H3,(H,20,22)(H,21,23). The molecule has 0 spiro atoms. The molecular weight excluding hydrogens is 304 g/mol. The minimum Gasteiger partial charge on any atom is -0.497 e. The maximum atomic E-state index is 12.1. The van der Waals surface area contributed by atoms with Crippen LogP contribution in [0.5, 0.6) is 5.75 Å². The van der Waals surface area contributed by atoms with E-state index >= 15 is 0 Å². The number of ether oxygens (including phenoxy) is 1. The Morgan fingerprint density at radius 3 is 2.62 bits per heavy atom. The Bertz CT molecular complexity index is 914. The third kappa shape index (κ3) is 3.63. The smallest absolute Gasteiger partial charge is 0.251 e. The number of carbonyl (C=O) groups excluding carboxylic acids is 1. The van der Waals surface area contributed by atoms with Gasteiger partial charge in [-0.15, -0.1) is 0 Å². The first-order valence-electron chi connectivity index (χ1n) is 7.70. The van der Waals surface area contributed by atoms with Crippen molar-refractivity contribution in [2.45, 2.75) is 12.8 Å². The maximum Gasteiger partial charge on any atom is 0.251 e. The van der Waals surface area contributed by atoms with Crippen LogP contribution in [0.15, 0.2) is 59.4 Å². The van der Waals surface area contributed by atoms with Gasteiger partial charge in [0, 0.05) is 23.2 Å². The molecule has 0 fully saturated rings. The second-order valence-corrected chi connectivity index (χ2v) is 5.49. The zero-order chi connectivity index (χ0) is 16.9. The van der Waals surface area contributed by atoms with Crippen LogP contribution in [-0.4, -0.2) is 18.0 Å². The van der Waals surface area contributed by atoms with Crippen LogP contribution in [0.1, 0.15) is 12.0 Å². The number of aromatic amines is 1. The van der Waals surface area contributed by atoms with E-state index in [2.05, 4.69) is 10.3 Å². The molecule has 5 nitrogen and oxygen atoms in total. The van der Waals surface area contributed by atoms with Crippen molar-refractivity contribution < 1.29 is 9.53 Å². The van der Waals surface area contributed by atoms with Crippen LogP contribution in [0.4, 0.5) is 5.69 Å². The summed E-state index contributed by atoms with van der Waals surface area (Å²) in [5, 5.41) is 3.77. The zero-order valence-corrected chi connectivity index (χ0v) is 13.3. The van der Waals surface area contributed by atoms with E-state index in [-0.39, 0.29) is 17.9 Å². The van der Waals surface area contributed by atoms with Crippen LogP contribution in [0.2, 0.25) is 0 Å². The molecule has 0 aliphatic carbocycles. The van der Waals surface area contributed by atoms with E-state index in [1.54, 1.807) is 31.4 Å². The molecule has 0 unspecified atom stereocenters. The van der Waals surface area contributed by atoms with Crippen molar-refractivity contribution in [1.29, 1.82) is 0 Å². The van der Waals surface area contributed by atoms with E-state index in [1.165, 1.54) is 0 Å². The van der Waals surface area contributed by atoms with Gasteiger partial charge in [0.2, 0.25) is 5.91 Å². The second kappa shape index (κ2) is 7.00. The van der Waals surface area contributed by atoms with Gasteiger partial charge in [-0.25, -0.2) is 0 Å². The normalized spacial score (nSPS) is 10.5. The van der Waals surface area contributed by atoms with E-state index in [9.17, 15) is 9.59 Å². The fourth-order valence-electron chi connectivity index (χ4n) is 2.52. The number of hydrogen-bond donors (Lipinski definition) is 2. The fraction of sp³-hybridized carbons (Fsp3) is 0.158. The molecule has 0 bridgehead atoms. The lowest BCUT2D eigenvalue weighted by Crippen LogP contribution is -2.17. The molecule has 122 valence electrons. The minimum absolute atomic E-state index is 0.132. The van der Waals surface area contributed by atoms with Crippen LogP contribution < -0.4 is 15.6 Å². The van der Waals surface area contributed by atoms with Gasteiger partial charge in [0.1, 0.15) is 5.75 Å². The molecule has 0 radical (unpaired) electrons. The lowest BCUT2D eigenvalue weighted by Gasteiger charge is -2.07. The van der Waals surface area contributed by atoms with Crippen LogP contribution in [0.3, 0.4) is 0 Å². The van der Waals surface area contributed by atoms with Crippen LogP contribution in [-0.2, 0) is 11.2 Å². The highest BCUT2D eigenvalue weighted by Crippen LogP contribution is 2.15. The molecule has 2 aromatic carbocycles. The van der Waals surface area contributed by atoms with Gasteiger partial charge in [0.05, 0.1) is 7.11 Å². The number of pyridine rings is 1. The highest BCUT2D eigenvalue weighted by atomic mass is 16.5. The van der Waals surface area contributed by atoms with Gasteiger partial charge in [-0.2, -0.15) is 0 Å². The average molecular weight is 322 g/mol. The number of carbonyl (C=O) groups is 1. The molecule has 3 aromatic rings. The van der Waals surface area contributed by atoms with Crippen molar-refractivity contribution in [2.75, 3.05) is 12.4 Å². The van der Waals surface area contributed by atoms with E-state index < -0.39 is 0 Å². The van der Waals surface area contributed by atoms with Crippen molar-refractivity contribution in [1.82, 2.24) is 4.98 Å². The Morgan fingerprint density at radius 2 is 1.88 bits per heavy atom. The SMILES string of the molecule is COc1ccc(NC(=O)CCc2cc3ccccc3[nH]c2=O)cc1. The van der Waals surface area contributed by atoms with Crippen molar-refractivity contribution in [3.05, 3.63) is 70.5 Å². The first kappa shape index (κ1) is 15.8. The summed E-state index contributed by atoms with van der Waals surface area (Å²) in [6, 6.07) is 16.5. The summed E-state index contributed by atoms with van der Waals surface area (Å²) >= 11 is 0. The summed E-state index contributed by atoms with van der Waals surface area (Å²) in [6.07, 6.45) is 0.635. The van der Waals surface area contributed by atoms with Crippen LogP contribution in [0.25, 0.3) is 10.9 Å². The Hall–Kier alpha value is -3.08. The van der Waals surface area contributed by atoms with Crippen molar-refractivity contribution in [2.24, 2.45) is 0 Å². The third-order valence-electron chi connectivity index (χ3n) is 3.83. The summed E-state index contributed by atoms with van der Waals surface area (Å²) < 4.78 is 5.08. The Kier molecular flexibility index (Phi) is 4.61. The lowest BCUT2D eigenvalue weighted by molar-refractivity contribution is -0.116. The van der Waals surface area contributed by atoms with Crippen molar-refractivity contribution in [3.8, 4) is 5.75 Å². The molecule has 24 heavy (non-hydrogen) atoms. The first-order valence-corrected chi connectivity index (χ1v) is 7.70. The number of benzene rings is 2. The molecule has 1 heterocycles. The van der Waals surface area contributed by atoms with Gasteiger partial charge in [-0.05, 0) is 48.2 Å². The highest BCUT2D eigenvalue weighted by molar-refractivity contribution is 5.91. The molecule has 0 aliphatic rings. The number of para-hydroxylation sites is 1. The number of methoxy groups -OCH3 is 1. The molecule has 3 rings (SSSR count). The maximum absolute atomic E-state index is 12.1. The van der Waals surface area contributed by atoms with Gasteiger partial charge in [-0.1, -0.05) is 18.2 Å². The molecule has 0 atom stereocenters. The van der Waals surface area contributed by atoms with E-state index in [4.69, 9.17) is 4.74 Å². The zero-order valence-electron chi connectivity index (χ0n) is 13.3. The molecule has 5 heteroatoms. The van der Waals surface area contributed by atoms with Crippen molar-refractivity contribution >= 4 is 22.5 Å². The topological polar surface area (TPSA) is 71.2 Å². The van der Waals surface area contributed by atoms with Gasteiger partial charge in [-0.3, -0.25) is 9.59 Å². The van der Waals surface area contributed by atoms with E-state index in [0.717, 1.165) is 16.7 Å². The molecule has 0 saturated heterocycles. The summed E-state index contributed by atoms with van der Waals surface area (Å²) in [5.74, 6) is 0.600. The second-order valence-electron chi connectivity index (χ2n) is 5.49. The average Bonchev–Trinajstić information content (AvgIpc) is 2.60.